The lowest BCUT2D eigenvalue weighted by Crippen LogP contribution is -2.48. The fraction of sp³-hybridized carbons (Fsp3) is 0.833. The fourth-order valence-electron chi connectivity index (χ4n) is 2.33. The Morgan fingerprint density at radius 1 is 1.24 bits per heavy atom. The Bertz CT molecular complexity index is 275. The van der Waals surface area contributed by atoms with Crippen LogP contribution in [0.4, 0.5) is 4.79 Å². The Labute approximate surface area is 102 Å². The number of carboxylic acid groups (broad SMARTS) is 1. The van der Waals surface area contributed by atoms with Gasteiger partial charge in [-0.3, -0.25) is 4.79 Å². The monoisotopic (exact) mass is 242 g/mol. The first-order valence-electron chi connectivity index (χ1n) is 6.29. The summed E-state index contributed by atoms with van der Waals surface area (Å²) in [5.41, 5.74) is 0. The van der Waals surface area contributed by atoms with E-state index < -0.39 is 5.97 Å². The van der Waals surface area contributed by atoms with E-state index in [1.54, 1.807) is 18.9 Å². The maximum atomic E-state index is 12.1. The smallest absolute Gasteiger partial charge is 0.323 e. The molecule has 0 heterocycles. The summed E-state index contributed by atoms with van der Waals surface area (Å²) in [6.07, 6.45) is 5.63. The maximum Gasteiger partial charge on any atom is 0.323 e. The van der Waals surface area contributed by atoms with E-state index in [2.05, 4.69) is 0 Å². The first-order chi connectivity index (χ1) is 8.06. The molecule has 0 atom stereocenters. The third-order valence-electron chi connectivity index (χ3n) is 3.40. The molecular formula is C12H22N2O3. The molecule has 1 N–H and O–H groups in total. The van der Waals surface area contributed by atoms with Gasteiger partial charge >= 0.3 is 12.0 Å². The van der Waals surface area contributed by atoms with Gasteiger partial charge in [0, 0.05) is 19.6 Å². The number of urea groups is 1. The van der Waals surface area contributed by atoms with Gasteiger partial charge in [-0.25, -0.2) is 4.79 Å². The normalized spacial score (nSPS) is 16.6. The lowest BCUT2D eigenvalue weighted by atomic mass is 9.95. The van der Waals surface area contributed by atoms with Crippen LogP contribution in [0.3, 0.4) is 0 Å². The van der Waals surface area contributed by atoms with Gasteiger partial charge < -0.3 is 14.9 Å². The molecule has 0 unspecified atom stereocenters. The van der Waals surface area contributed by atoms with Crippen LogP contribution >= 0.6 is 0 Å². The van der Waals surface area contributed by atoms with Crippen molar-refractivity contribution in [3.8, 4) is 0 Å². The summed E-state index contributed by atoms with van der Waals surface area (Å²) >= 11 is 0. The second-order valence-electron chi connectivity index (χ2n) is 4.59. The molecule has 0 bridgehead atoms. The van der Waals surface area contributed by atoms with Gasteiger partial charge in [0.2, 0.25) is 0 Å². The zero-order valence-corrected chi connectivity index (χ0v) is 10.7. The Hall–Kier alpha value is -1.26. The number of carbonyl (C=O) groups excluding carboxylic acids is 1. The van der Waals surface area contributed by atoms with Crippen molar-refractivity contribution in [2.75, 3.05) is 20.1 Å². The van der Waals surface area contributed by atoms with Crippen molar-refractivity contribution in [2.45, 2.75) is 45.1 Å². The SMILES string of the molecule is CCN(CC(=O)O)C(=O)N(C)C1CCCCC1. The molecule has 5 heteroatoms. The highest BCUT2D eigenvalue weighted by atomic mass is 16.4. The largest absolute Gasteiger partial charge is 0.480 e. The summed E-state index contributed by atoms with van der Waals surface area (Å²) in [5.74, 6) is -0.961. The van der Waals surface area contributed by atoms with Crippen LogP contribution < -0.4 is 0 Å². The van der Waals surface area contributed by atoms with Crippen molar-refractivity contribution in [1.29, 1.82) is 0 Å². The lowest BCUT2D eigenvalue weighted by Gasteiger charge is -2.34. The standard InChI is InChI=1S/C12H22N2O3/c1-3-14(9-11(15)16)12(17)13(2)10-7-5-4-6-8-10/h10H,3-9H2,1-2H3,(H,15,16). The molecule has 0 aromatic carbocycles. The van der Waals surface area contributed by atoms with Crippen LogP contribution in [0.15, 0.2) is 0 Å². The van der Waals surface area contributed by atoms with Crippen molar-refractivity contribution in [3.63, 3.8) is 0 Å². The quantitative estimate of drug-likeness (QED) is 0.817. The highest BCUT2D eigenvalue weighted by Gasteiger charge is 2.26. The predicted molar refractivity (Wildman–Crippen MR) is 64.9 cm³/mol. The molecule has 0 aromatic rings. The Morgan fingerprint density at radius 2 is 1.82 bits per heavy atom. The van der Waals surface area contributed by atoms with E-state index in [9.17, 15) is 9.59 Å². The molecule has 1 aliphatic carbocycles. The molecule has 5 nitrogen and oxygen atoms in total. The summed E-state index contributed by atoms with van der Waals surface area (Å²) in [5, 5.41) is 8.74. The van der Waals surface area contributed by atoms with E-state index in [0.717, 1.165) is 25.7 Å². The van der Waals surface area contributed by atoms with Gasteiger partial charge in [-0.15, -0.1) is 0 Å². The van der Waals surface area contributed by atoms with Crippen molar-refractivity contribution in [2.24, 2.45) is 0 Å². The number of hydrogen-bond donors (Lipinski definition) is 1. The molecule has 98 valence electrons. The first-order valence-corrected chi connectivity index (χ1v) is 6.29. The summed E-state index contributed by atoms with van der Waals surface area (Å²) in [7, 11) is 1.78. The molecular weight excluding hydrogens is 220 g/mol. The van der Waals surface area contributed by atoms with Crippen molar-refractivity contribution < 1.29 is 14.7 Å². The van der Waals surface area contributed by atoms with Crippen LogP contribution in [0.5, 0.6) is 0 Å². The lowest BCUT2D eigenvalue weighted by molar-refractivity contribution is -0.137. The third-order valence-corrected chi connectivity index (χ3v) is 3.40. The van der Waals surface area contributed by atoms with Crippen molar-refractivity contribution in [1.82, 2.24) is 9.80 Å². The molecule has 0 radical (unpaired) electrons. The van der Waals surface area contributed by atoms with Gasteiger partial charge in [0.15, 0.2) is 0 Å². The second-order valence-corrected chi connectivity index (χ2v) is 4.59. The van der Waals surface area contributed by atoms with Crippen LogP contribution in [0.2, 0.25) is 0 Å². The van der Waals surface area contributed by atoms with E-state index in [1.807, 2.05) is 0 Å². The zero-order valence-electron chi connectivity index (χ0n) is 10.7. The molecule has 1 rings (SSSR count). The summed E-state index contributed by atoms with van der Waals surface area (Å²) < 4.78 is 0. The van der Waals surface area contributed by atoms with Crippen LogP contribution in [0.1, 0.15) is 39.0 Å². The van der Waals surface area contributed by atoms with Gasteiger partial charge in [0.25, 0.3) is 0 Å². The van der Waals surface area contributed by atoms with Crippen molar-refractivity contribution >= 4 is 12.0 Å². The average molecular weight is 242 g/mol. The van der Waals surface area contributed by atoms with Crippen LogP contribution in [0.25, 0.3) is 0 Å². The number of rotatable bonds is 4. The van der Waals surface area contributed by atoms with Gasteiger partial charge in [-0.1, -0.05) is 19.3 Å². The highest BCUT2D eigenvalue weighted by Crippen LogP contribution is 2.22. The van der Waals surface area contributed by atoms with Gasteiger partial charge in [-0.2, -0.15) is 0 Å². The Balaban J connectivity index is 2.56. The number of amides is 2. The first kappa shape index (κ1) is 13.8. The molecule has 1 saturated carbocycles. The minimum absolute atomic E-state index is 0.165. The van der Waals surface area contributed by atoms with E-state index in [0.29, 0.717) is 6.54 Å². The van der Waals surface area contributed by atoms with E-state index in [4.69, 9.17) is 5.11 Å². The summed E-state index contributed by atoms with van der Waals surface area (Å²) in [6, 6.07) is 0.112. The summed E-state index contributed by atoms with van der Waals surface area (Å²) in [6.45, 7) is 2.02. The van der Waals surface area contributed by atoms with Crippen LogP contribution in [0, 0.1) is 0 Å². The highest BCUT2D eigenvalue weighted by molar-refractivity contribution is 5.80. The number of hydrogen-bond acceptors (Lipinski definition) is 2. The predicted octanol–water partition coefficient (Wildman–Crippen LogP) is 1.78. The van der Waals surface area contributed by atoms with Gasteiger partial charge in [0.1, 0.15) is 6.54 Å². The van der Waals surface area contributed by atoms with Gasteiger partial charge in [-0.05, 0) is 19.8 Å². The van der Waals surface area contributed by atoms with Crippen LogP contribution in [-0.4, -0.2) is 53.1 Å². The number of nitrogens with zero attached hydrogens (tertiary/aromatic N) is 2. The molecule has 0 saturated heterocycles. The molecule has 2 amide bonds. The molecule has 0 aromatic heterocycles. The van der Waals surface area contributed by atoms with E-state index in [1.165, 1.54) is 11.3 Å². The maximum absolute atomic E-state index is 12.1. The number of carboxylic acids is 1. The molecule has 0 spiro atoms. The third kappa shape index (κ3) is 3.91. The second kappa shape index (κ2) is 6.47. The molecule has 0 aliphatic heterocycles. The van der Waals surface area contributed by atoms with Crippen LogP contribution in [-0.2, 0) is 4.79 Å². The van der Waals surface area contributed by atoms with E-state index in [-0.39, 0.29) is 18.6 Å². The molecule has 1 fully saturated rings. The fourth-order valence-corrected chi connectivity index (χ4v) is 2.33. The molecule has 1 aliphatic rings. The number of aliphatic carboxylic acids is 1. The number of likely N-dealkylation sites (N-methyl/N-ethyl adjacent to an activating group) is 1. The summed E-state index contributed by atoms with van der Waals surface area (Å²) in [4.78, 5) is 25.8. The Morgan fingerprint density at radius 3 is 2.29 bits per heavy atom. The van der Waals surface area contributed by atoms with E-state index >= 15 is 0 Å². The Kier molecular flexibility index (Phi) is 5.25. The van der Waals surface area contributed by atoms with Crippen molar-refractivity contribution in [3.05, 3.63) is 0 Å². The minimum atomic E-state index is -0.961. The number of carbonyl (C=O) groups is 2. The minimum Gasteiger partial charge on any atom is -0.480 e. The zero-order chi connectivity index (χ0) is 12.8. The molecule has 17 heavy (non-hydrogen) atoms. The van der Waals surface area contributed by atoms with Gasteiger partial charge in [0.05, 0.1) is 0 Å². The average Bonchev–Trinajstić information content (AvgIpc) is 2.35. The topological polar surface area (TPSA) is 60.9 Å².